The Morgan fingerprint density at radius 3 is 2.81 bits per heavy atom. The summed E-state index contributed by atoms with van der Waals surface area (Å²) in [5, 5.41) is 0. The van der Waals surface area contributed by atoms with Crippen molar-refractivity contribution < 1.29 is 4.74 Å². The molecule has 0 saturated carbocycles. The molecule has 6 nitrogen and oxygen atoms in total. The highest BCUT2D eigenvalue weighted by atomic mass is 16.5. The number of methoxy groups -OCH3 is 1. The number of hydrogen-bond acceptors (Lipinski definition) is 6. The van der Waals surface area contributed by atoms with Crippen molar-refractivity contribution in [3.05, 3.63) is 42.2 Å². The number of benzene rings is 1. The van der Waals surface area contributed by atoms with Gasteiger partial charge in [0, 0.05) is 19.0 Å². The van der Waals surface area contributed by atoms with Gasteiger partial charge in [0.2, 0.25) is 5.75 Å². The van der Waals surface area contributed by atoms with Crippen LogP contribution in [-0.2, 0) is 0 Å². The lowest BCUT2D eigenvalue weighted by atomic mass is 9.99. The van der Waals surface area contributed by atoms with Gasteiger partial charge in [-0.2, -0.15) is 0 Å². The number of nitrogens with zero attached hydrogens (tertiary/aromatic N) is 3. The molecule has 1 aliphatic rings. The monoisotopic (exact) mass is 285 g/mol. The molecule has 1 atom stereocenters. The van der Waals surface area contributed by atoms with E-state index in [9.17, 15) is 0 Å². The smallest absolute Gasteiger partial charge is 0.205 e. The van der Waals surface area contributed by atoms with Crippen LogP contribution in [0.2, 0.25) is 0 Å². The molecule has 1 saturated heterocycles. The third-order valence-corrected chi connectivity index (χ3v) is 3.88. The molecule has 1 fully saturated rings. The number of hydrogen-bond donors (Lipinski definition) is 2. The number of aromatic nitrogens is 2. The number of nitrogen functional groups attached to an aromatic ring is 1. The third-order valence-electron chi connectivity index (χ3n) is 3.88. The predicted octanol–water partition coefficient (Wildman–Crippen LogP) is 1.76. The molecule has 21 heavy (non-hydrogen) atoms. The molecule has 1 aromatic carbocycles. The Hall–Kier alpha value is -2.34. The fraction of sp³-hybridized carbons (Fsp3) is 0.333. The highest BCUT2D eigenvalue weighted by Crippen LogP contribution is 2.36. The van der Waals surface area contributed by atoms with E-state index in [2.05, 4.69) is 44.6 Å². The second kappa shape index (κ2) is 5.97. The van der Waals surface area contributed by atoms with Crippen LogP contribution in [0.1, 0.15) is 17.9 Å². The largest absolute Gasteiger partial charge is 0.490 e. The molecule has 1 unspecified atom stereocenters. The summed E-state index contributed by atoms with van der Waals surface area (Å²) >= 11 is 0. The first-order chi connectivity index (χ1) is 10.3. The Labute approximate surface area is 123 Å². The summed E-state index contributed by atoms with van der Waals surface area (Å²) in [7, 11) is 1.60. The highest BCUT2D eigenvalue weighted by molar-refractivity contribution is 5.64. The molecule has 0 bridgehead atoms. The average molecular weight is 285 g/mol. The SMILES string of the molecule is COc1c(NN)ncnc1N1CCC(c2ccccc2)C1. The van der Waals surface area contributed by atoms with E-state index in [-0.39, 0.29) is 0 Å². The Bertz CT molecular complexity index is 604. The fourth-order valence-electron chi connectivity index (χ4n) is 2.83. The Balaban J connectivity index is 1.83. The van der Waals surface area contributed by atoms with E-state index in [4.69, 9.17) is 10.6 Å². The fourth-order valence-corrected chi connectivity index (χ4v) is 2.83. The zero-order valence-electron chi connectivity index (χ0n) is 12.0. The Morgan fingerprint density at radius 1 is 1.29 bits per heavy atom. The van der Waals surface area contributed by atoms with Crippen LogP contribution in [-0.4, -0.2) is 30.2 Å². The summed E-state index contributed by atoms with van der Waals surface area (Å²) in [5.74, 6) is 7.87. The lowest BCUT2D eigenvalue weighted by Gasteiger charge is -2.21. The van der Waals surface area contributed by atoms with E-state index in [1.165, 1.54) is 11.9 Å². The van der Waals surface area contributed by atoms with E-state index < -0.39 is 0 Å². The molecule has 0 spiro atoms. The second-order valence-corrected chi connectivity index (χ2v) is 5.07. The van der Waals surface area contributed by atoms with E-state index in [0.717, 1.165) is 25.3 Å². The van der Waals surface area contributed by atoms with Crippen LogP contribution >= 0.6 is 0 Å². The van der Waals surface area contributed by atoms with Gasteiger partial charge < -0.3 is 15.1 Å². The van der Waals surface area contributed by atoms with Crippen molar-refractivity contribution >= 4 is 11.6 Å². The summed E-state index contributed by atoms with van der Waals surface area (Å²) < 4.78 is 5.41. The van der Waals surface area contributed by atoms with Gasteiger partial charge in [-0.05, 0) is 12.0 Å². The minimum atomic E-state index is 0.505. The van der Waals surface area contributed by atoms with Gasteiger partial charge in [0.1, 0.15) is 6.33 Å². The summed E-state index contributed by atoms with van der Waals surface area (Å²) in [6.45, 7) is 1.86. The van der Waals surface area contributed by atoms with Crippen LogP contribution in [0, 0.1) is 0 Å². The Kier molecular flexibility index (Phi) is 3.87. The van der Waals surface area contributed by atoms with Crippen LogP contribution in [0.15, 0.2) is 36.7 Å². The zero-order chi connectivity index (χ0) is 14.7. The maximum atomic E-state index is 5.47. The molecule has 0 amide bonds. The van der Waals surface area contributed by atoms with Crippen molar-refractivity contribution in [1.29, 1.82) is 0 Å². The lowest BCUT2D eigenvalue weighted by Crippen LogP contribution is -2.22. The van der Waals surface area contributed by atoms with Crippen molar-refractivity contribution in [1.82, 2.24) is 9.97 Å². The zero-order valence-corrected chi connectivity index (χ0v) is 12.0. The number of anilines is 2. The quantitative estimate of drug-likeness (QED) is 0.658. The van der Waals surface area contributed by atoms with Gasteiger partial charge in [0.25, 0.3) is 0 Å². The first kappa shape index (κ1) is 13.6. The van der Waals surface area contributed by atoms with Crippen molar-refractivity contribution in [3.63, 3.8) is 0 Å². The summed E-state index contributed by atoms with van der Waals surface area (Å²) in [6.07, 6.45) is 2.60. The number of hydrazine groups is 1. The van der Waals surface area contributed by atoms with Gasteiger partial charge in [0.15, 0.2) is 11.6 Å². The summed E-state index contributed by atoms with van der Waals surface area (Å²) in [6, 6.07) is 10.6. The molecule has 6 heteroatoms. The second-order valence-electron chi connectivity index (χ2n) is 5.07. The van der Waals surface area contributed by atoms with Gasteiger partial charge >= 0.3 is 0 Å². The molecule has 0 radical (unpaired) electrons. The first-order valence-corrected chi connectivity index (χ1v) is 6.99. The maximum Gasteiger partial charge on any atom is 0.205 e. The van der Waals surface area contributed by atoms with Crippen LogP contribution in [0.4, 0.5) is 11.6 Å². The first-order valence-electron chi connectivity index (χ1n) is 6.99. The van der Waals surface area contributed by atoms with Gasteiger partial charge in [0.05, 0.1) is 7.11 Å². The standard InChI is InChI=1S/C15H19N5O/c1-21-13-14(19-16)17-10-18-15(13)20-8-7-12(9-20)11-5-3-2-4-6-11/h2-6,10,12H,7-9,16H2,1H3,(H,17,18,19). The molecular formula is C15H19N5O. The minimum Gasteiger partial charge on any atom is -0.490 e. The van der Waals surface area contributed by atoms with Gasteiger partial charge in [-0.3, -0.25) is 0 Å². The normalized spacial score (nSPS) is 17.8. The molecule has 3 rings (SSSR count). The van der Waals surface area contributed by atoms with E-state index >= 15 is 0 Å². The number of nitrogens with one attached hydrogen (secondary N) is 1. The maximum absolute atomic E-state index is 5.47. The van der Waals surface area contributed by atoms with Gasteiger partial charge in [-0.15, -0.1) is 0 Å². The van der Waals surface area contributed by atoms with Gasteiger partial charge in [-0.1, -0.05) is 30.3 Å². The van der Waals surface area contributed by atoms with E-state index in [1.807, 2.05) is 6.07 Å². The number of nitrogens with two attached hydrogens (primary N) is 1. The summed E-state index contributed by atoms with van der Waals surface area (Å²) in [4.78, 5) is 10.7. The van der Waals surface area contributed by atoms with Crippen LogP contribution in [0.25, 0.3) is 0 Å². The van der Waals surface area contributed by atoms with Crippen molar-refractivity contribution in [2.75, 3.05) is 30.5 Å². The highest BCUT2D eigenvalue weighted by Gasteiger charge is 2.27. The molecule has 3 N–H and O–H groups in total. The predicted molar refractivity (Wildman–Crippen MR) is 82.4 cm³/mol. The van der Waals surface area contributed by atoms with Crippen LogP contribution in [0.3, 0.4) is 0 Å². The van der Waals surface area contributed by atoms with E-state index in [0.29, 0.717) is 17.5 Å². The van der Waals surface area contributed by atoms with Crippen molar-refractivity contribution in [3.8, 4) is 5.75 Å². The molecule has 110 valence electrons. The minimum absolute atomic E-state index is 0.505. The molecule has 2 aromatic rings. The van der Waals surface area contributed by atoms with Crippen LogP contribution in [0.5, 0.6) is 5.75 Å². The van der Waals surface area contributed by atoms with Crippen LogP contribution < -0.4 is 20.9 Å². The Morgan fingerprint density at radius 2 is 2.10 bits per heavy atom. The lowest BCUT2D eigenvalue weighted by molar-refractivity contribution is 0.413. The molecule has 2 heterocycles. The molecule has 1 aromatic heterocycles. The number of ether oxygens (including phenoxy) is 1. The molecule has 1 aliphatic heterocycles. The summed E-state index contributed by atoms with van der Waals surface area (Å²) in [5.41, 5.74) is 3.92. The third kappa shape index (κ3) is 2.62. The van der Waals surface area contributed by atoms with Crippen molar-refractivity contribution in [2.24, 2.45) is 5.84 Å². The molecule has 0 aliphatic carbocycles. The topological polar surface area (TPSA) is 76.3 Å². The van der Waals surface area contributed by atoms with Crippen molar-refractivity contribution in [2.45, 2.75) is 12.3 Å². The molecular weight excluding hydrogens is 266 g/mol. The van der Waals surface area contributed by atoms with E-state index in [1.54, 1.807) is 7.11 Å². The average Bonchev–Trinajstić information content (AvgIpc) is 3.04. The van der Waals surface area contributed by atoms with Gasteiger partial charge in [-0.25, -0.2) is 15.8 Å². The number of rotatable bonds is 4.